The number of carbonyl (C=O) groups excluding carboxylic acids is 2. The van der Waals surface area contributed by atoms with E-state index in [0.717, 1.165) is 32.1 Å². The van der Waals surface area contributed by atoms with E-state index in [4.69, 9.17) is 9.47 Å². The Morgan fingerprint density at radius 1 is 0.974 bits per heavy atom. The highest BCUT2D eigenvalue weighted by Crippen LogP contribution is 2.69. The first-order valence-corrected chi connectivity index (χ1v) is 15.5. The van der Waals surface area contributed by atoms with Gasteiger partial charge in [0.25, 0.3) is 0 Å². The summed E-state index contributed by atoms with van der Waals surface area (Å²) >= 11 is 0. The third kappa shape index (κ3) is 5.30. The largest absolute Gasteiger partial charge is 0.462 e. The molecule has 0 bridgehead atoms. The molecule has 0 saturated heterocycles. The fourth-order valence-corrected chi connectivity index (χ4v) is 10.1. The zero-order valence-electron chi connectivity index (χ0n) is 25.4. The number of esters is 2. The van der Waals surface area contributed by atoms with Gasteiger partial charge in [0.15, 0.2) is 0 Å². The molecule has 4 saturated carbocycles. The number of aliphatic hydroxyl groups excluding tert-OH is 2. The molecule has 39 heavy (non-hydrogen) atoms. The van der Waals surface area contributed by atoms with E-state index in [-0.39, 0.29) is 41.7 Å². The molecule has 0 amide bonds. The monoisotopic (exact) mass is 550 g/mol. The Hall–Kier alpha value is -1.18. The molecule has 7 nitrogen and oxygen atoms in total. The zero-order valence-corrected chi connectivity index (χ0v) is 25.4. The molecule has 4 rings (SSSR count). The topological polar surface area (TPSA) is 113 Å². The van der Waals surface area contributed by atoms with Crippen LogP contribution >= 0.6 is 0 Å². The lowest BCUT2D eigenvalue weighted by Gasteiger charge is -2.65. The highest BCUT2D eigenvalue weighted by Gasteiger charge is 2.67. The van der Waals surface area contributed by atoms with Gasteiger partial charge < -0.3 is 24.8 Å². The van der Waals surface area contributed by atoms with E-state index >= 15 is 0 Å². The maximum Gasteiger partial charge on any atom is 0.303 e. The lowest BCUT2D eigenvalue weighted by molar-refractivity contribution is -0.264. The Morgan fingerprint density at radius 3 is 2.31 bits per heavy atom. The molecule has 7 unspecified atom stereocenters. The number of aliphatic hydroxyl groups is 3. The van der Waals surface area contributed by atoms with Crippen LogP contribution in [0.5, 0.6) is 0 Å². The minimum atomic E-state index is -1.19. The van der Waals surface area contributed by atoms with Gasteiger partial charge in [0.1, 0.15) is 12.2 Å². The molecule has 0 aromatic heterocycles. The van der Waals surface area contributed by atoms with Crippen LogP contribution in [0.4, 0.5) is 0 Å². The summed E-state index contributed by atoms with van der Waals surface area (Å²) in [6.45, 7) is 13.8. The first kappa shape index (κ1) is 30.8. The number of carbonyl (C=O) groups is 2. The van der Waals surface area contributed by atoms with Gasteiger partial charge in [-0.1, -0.05) is 34.1 Å². The average Bonchev–Trinajstić information content (AvgIpc) is 3.20. The number of hydrogen-bond donors (Lipinski definition) is 3. The van der Waals surface area contributed by atoms with Gasteiger partial charge in [-0.3, -0.25) is 9.59 Å². The predicted molar refractivity (Wildman–Crippen MR) is 148 cm³/mol. The molecule has 4 fully saturated rings. The van der Waals surface area contributed by atoms with Gasteiger partial charge in [-0.2, -0.15) is 0 Å². The lowest BCUT2D eigenvalue weighted by atomic mass is 9.42. The summed E-state index contributed by atoms with van der Waals surface area (Å²) < 4.78 is 10.9. The first-order valence-electron chi connectivity index (χ1n) is 15.5. The maximum absolute atomic E-state index is 11.8. The van der Waals surface area contributed by atoms with Gasteiger partial charge in [-0.15, -0.1) is 0 Å². The molecule has 0 aliphatic heterocycles. The minimum absolute atomic E-state index is 0.0386. The second-order valence-corrected chi connectivity index (χ2v) is 14.7. The molecule has 12 atom stereocenters. The van der Waals surface area contributed by atoms with Crippen LogP contribution in [0.3, 0.4) is 0 Å². The third-order valence-electron chi connectivity index (χ3n) is 12.6. The average molecular weight is 551 g/mol. The highest BCUT2D eigenvalue weighted by atomic mass is 16.6. The van der Waals surface area contributed by atoms with Gasteiger partial charge in [0.05, 0.1) is 17.8 Å². The van der Waals surface area contributed by atoms with Crippen molar-refractivity contribution in [2.24, 2.45) is 46.3 Å². The third-order valence-corrected chi connectivity index (χ3v) is 12.6. The Kier molecular flexibility index (Phi) is 8.60. The molecule has 0 aromatic rings. The van der Waals surface area contributed by atoms with Crippen molar-refractivity contribution in [3.05, 3.63) is 0 Å². The molecule has 4 aliphatic rings. The quantitative estimate of drug-likeness (QED) is 0.363. The van der Waals surface area contributed by atoms with Crippen LogP contribution < -0.4 is 0 Å². The number of hydrogen-bond acceptors (Lipinski definition) is 7. The van der Waals surface area contributed by atoms with Crippen molar-refractivity contribution in [3.8, 4) is 0 Å². The summed E-state index contributed by atoms with van der Waals surface area (Å²) in [5, 5.41) is 33.4. The molecule has 0 aromatic carbocycles. The predicted octanol–water partition coefficient (Wildman–Crippen LogP) is 5.03. The Balaban J connectivity index is 1.45. The summed E-state index contributed by atoms with van der Waals surface area (Å²) in [6, 6.07) is 0. The molecule has 3 N–H and O–H groups in total. The SMILES string of the molecule is CC(=O)OCC(C)(OC(C)=O)C(C)CCC(C)C1CCC2[C@@H]3C[C@@H](O)C4(O)C[C@@H](O)CC[C@]4(C)C3CC[C@]12C. The Morgan fingerprint density at radius 2 is 1.67 bits per heavy atom. The Bertz CT molecular complexity index is 922. The van der Waals surface area contributed by atoms with Crippen molar-refractivity contribution in [2.45, 2.75) is 136 Å². The van der Waals surface area contributed by atoms with Crippen molar-refractivity contribution >= 4 is 11.9 Å². The van der Waals surface area contributed by atoms with Crippen LogP contribution in [0.25, 0.3) is 0 Å². The smallest absolute Gasteiger partial charge is 0.303 e. The summed E-state index contributed by atoms with van der Waals surface area (Å²) in [5.74, 6) is 1.72. The van der Waals surface area contributed by atoms with E-state index in [1.165, 1.54) is 26.7 Å². The van der Waals surface area contributed by atoms with E-state index in [9.17, 15) is 24.9 Å². The van der Waals surface area contributed by atoms with Crippen molar-refractivity contribution in [1.82, 2.24) is 0 Å². The fourth-order valence-electron chi connectivity index (χ4n) is 10.1. The zero-order chi connectivity index (χ0) is 29.0. The van der Waals surface area contributed by atoms with E-state index in [0.29, 0.717) is 42.4 Å². The van der Waals surface area contributed by atoms with Crippen molar-refractivity contribution in [2.75, 3.05) is 6.61 Å². The lowest BCUT2D eigenvalue weighted by Crippen LogP contribution is -2.68. The summed E-state index contributed by atoms with van der Waals surface area (Å²) in [4.78, 5) is 23.3. The van der Waals surface area contributed by atoms with Crippen LogP contribution in [-0.4, -0.2) is 57.3 Å². The summed E-state index contributed by atoms with van der Waals surface area (Å²) in [5.41, 5.74) is -2.18. The molecular formula is C32H54O7. The Labute approximate surface area is 235 Å². The number of rotatable bonds is 8. The molecule has 224 valence electrons. The van der Waals surface area contributed by atoms with Crippen LogP contribution in [-0.2, 0) is 19.1 Å². The van der Waals surface area contributed by atoms with Crippen LogP contribution in [0.15, 0.2) is 0 Å². The first-order chi connectivity index (χ1) is 18.1. The van der Waals surface area contributed by atoms with E-state index < -0.39 is 23.4 Å². The van der Waals surface area contributed by atoms with Crippen LogP contribution in [0.1, 0.15) is 113 Å². The van der Waals surface area contributed by atoms with E-state index in [1.807, 2.05) is 6.92 Å². The second kappa shape index (κ2) is 10.9. The molecule has 7 heteroatoms. The van der Waals surface area contributed by atoms with Gasteiger partial charge in [0, 0.05) is 25.7 Å². The van der Waals surface area contributed by atoms with Gasteiger partial charge >= 0.3 is 11.9 Å². The number of ether oxygens (including phenoxy) is 2. The minimum Gasteiger partial charge on any atom is -0.462 e. The van der Waals surface area contributed by atoms with Crippen molar-refractivity contribution < 1.29 is 34.4 Å². The van der Waals surface area contributed by atoms with Crippen molar-refractivity contribution in [1.29, 1.82) is 0 Å². The van der Waals surface area contributed by atoms with Crippen LogP contribution in [0.2, 0.25) is 0 Å². The number of fused-ring (bicyclic) bond motifs is 5. The molecular weight excluding hydrogens is 496 g/mol. The van der Waals surface area contributed by atoms with E-state index in [1.54, 1.807) is 0 Å². The molecule has 0 spiro atoms. The molecule has 4 aliphatic carbocycles. The van der Waals surface area contributed by atoms with Crippen LogP contribution in [0, 0.1) is 46.3 Å². The summed E-state index contributed by atoms with van der Waals surface area (Å²) in [7, 11) is 0. The normalized spacial score (nSPS) is 44.7. The summed E-state index contributed by atoms with van der Waals surface area (Å²) in [6.07, 6.45) is 7.56. The highest BCUT2D eigenvalue weighted by molar-refractivity contribution is 5.67. The van der Waals surface area contributed by atoms with E-state index in [2.05, 4.69) is 27.7 Å². The van der Waals surface area contributed by atoms with Gasteiger partial charge in [0.2, 0.25) is 0 Å². The molecule has 0 radical (unpaired) electrons. The van der Waals surface area contributed by atoms with Gasteiger partial charge in [-0.05, 0) is 99.2 Å². The fraction of sp³-hybridized carbons (Fsp3) is 0.938. The molecule has 0 heterocycles. The second-order valence-electron chi connectivity index (χ2n) is 14.7. The van der Waals surface area contributed by atoms with Crippen molar-refractivity contribution in [3.63, 3.8) is 0 Å². The standard InChI is InChI=1S/C32H54O7/c1-19(8-9-20(2)31(7,39-22(4)34)18-38-21(3)33)25-10-11-26-24-16-28(36)32(37)17-23(35)12-15-30(32,6)27(24)13-14-29(25,26)5/h19-20,23-28,35-37H,8-18H2,1-7H3/t19?,20?,23-,24-,25?,26?,27?,28+,29+,30+,31?,32?/m0/s1. The van der Waals surface area contributed by atoms with Gasteiger partial charge in [-0.25, -0.2) is 0 Å². The maximum atomic E-state index is 11.8.